The lowest BCUT2D eigenvalue weighted by Crippen LogP contribution is -2.29. The van der Waals surface area contributed by atoms with Gasteiger partial charge in [-0.05, 0) is 42.8 Å². The van der Waals surface area contributed by atoms with E-state index in [1.54, 1.807) is 13.0 Å². The summed E-state index contributed by atoms with van der Waals surface area (Å²) in [6.07, 6.45) is -0.0681. The number of hydrogen-bond acceptors (Lipinski definition) is 2. The molecule has 2 aromatic carbocycles. The average Bonchev–Trinajstić information content (AvgIpc) is 2.93. The average molecular weight is 365 g/mol. The third-order valence-corrected chi connectivity index (χ3v) is 4.31. The fraction of sp³-hybridized carbons (Fsp3) is 0.222. The Balaban J connectivity index is 1.75. The van der Waals surface area contributed by atoms with Gasteiger partial charge in [0.1, 0.15) is 11.6 Å². The Morgan fingerprint density at radius 1 is 1.20 bits per heavy atom. The molecule has 7 heteroatoms. The molecule has 3 rings (SSSR count). The van der Waals surface area contributed by atoms with Gasteiger partial charge in [-0.2, -0.15) is 0 Å². The van der Waals surface area contributed by atoms with Crippen molar-refractivity contribution >= 4 is 34.8 Å². The normalized spacial score (nSPS) is 17.0. The molecule has 0 bridgehead atoms. The summed E-state index contributed by atoms with van der Waals surface area (Å²) in [5, 5.41) is 2.72. The van der Waals surface area contributed by atoms with Crippen LogP contribution in [0.15, 0.2) is 36.4 Å². The number of nitrogens with zero attached hydrogens (tertiary/aromatic N) is 1. The second-order valence-corrected chi connectivity index (χ2v) is 6.41. The predicted molar refractivity (Wildman–Crippen MR) is 91.6 cm³/mol. The van der Waals surface area contributed by atoms with E-state index in [9.17, 15) is 18.4 Å². The first kappa shape index (κ1) is 17.4. The number of amides is 2. The number of carbonyl (C=O) groups excluding carboxylic acids is 2. The second kappa shape index (κ2) is 6.80. The van der Waals surface area contributed by atoms with Crippen molar-refractivity contribution in [3.05, 3.63) is 58.6 Å². The number of anilines is 2. The lowest BCUT2D eigenvalue weighted by atomic mass is 10.1. The van der Waals surface area contributed by atoms with Crippen LogP contribution in [0.4, 0.5) is 20.2 Å². The third kappa shape index (κ3) is 3.64. The molecule has 1 heterocycles. The summed E-state index contributed by atoms with van der Waals surface area (Å²) in [5.41, 5.74) is 0.823. The first-order valence-corrected chi connectivity index (χ1v) is 8.05. The molecule has 0 radical (unpaired) electrons. The van der Waals surface area contributed by atoms with Gasteiger partial charge in [0.2, 0.25) is 11.8 Å². The van der Waals surface area contributed by atoms with Gasteiger partial charge in [-0.25, -0.2) is 8.78 Å². The molecule has 1 fully saturated rings. The minimum absolute atomic E-state index is 0.0346. The van der Waals surface area contributed by atoms with Crippen LogP contribution in [0, 0.1) is 24.5 Å². The van der Waals surface area contributed by atoms with E-state index in [0.29, 0.717) is 0 Å². The Hall–Kier alpha value is -2.47. The van der Waals surface area contributed by atoms with E-state index in [0.717, 1.165) is 11.6 Å². The van der Waals surface area contributed by atoms with Crippen LogP contribution in [-0.4, -0.2) is 18.4 Å². The van der Waals surface area contributed by atoms with Crippen molar-refractivity contribution in [1.29, 1.82) is 0 Å². The maximum absolute atomic E-state index is 14.1. The summed E-state index contributed by atoms with van der Waals surface area (Å²) in [7, 11) is 0. The number of carbonyl (C=O) groups is 2. The highest BCUT2D eigenvalue weighted by molar-refractivity contribution is 6.30. The van der Waals surface area contributed by atoms with Crippen LogP contribution < -0.4 is 10.2 Å². The first-order chi connectivity index (χ1) is 11.8. The van der Waals surface area contributed by atoms with Crippen molar-refractivity contribution in [1.82, 2.24) is 0 Å². The molecule has 1 atom stereocenters. The first-order valence-electron chi connectivity index (χ1n) is 7.67. The van der Waals surface area contributed by atoms with Crippen LogP contribution in [0.1, 0.15) is 12.0 Å². The maximum Gasteiger partial charge on any atom is 0.229 e. The van der Waals surface area contributed by atoms with Gasteiger partial charge in [-0.1, -0.05) is 17.7 Å². The lowest BCUT2D eigenvalue weighted by Gasteiger charge is -2.18. The van der Waals surface area contributed by atoms with Gasteiger partial charge in [-0.15, -0.1) is 0 Å². The van der Waals surface area contributed by atoms with E-state index >= 15 is 0 Å². The Labute approximate surface area is 148 Å². The van der Waals surface area contributed by atoms with Gasteiger partial charge in [0, 0.05) is 18.0 Å². The summed E-state index contributed by atoms with van der Waals surface area (Å²) >= 11 is 5.79. The number of aryl methyl sites for hydroxylation is 1. The molecule has 0 spiro atoms. The van der Waals surface area contributed by atoms with Gasteiger partial charge in [0.05, 0.1) is 17.3 Å². The van der Waals surface area contributed by atoms with Gasteiger partial charge in [0.15, 0.2) is 0 Å². The van der Waals surface area contributed by atoms with E-state index in [2.05, 4.69) is 5.32 Å². The molecule has 1 N–H and O–H groups in total. The highest BCUT2D eigenvalue weighted by Gasteiger charge is 2.36. The molecule has 0 saturated carbocycles. The molecule has 1 aliphatic rings. The molecule has 130 valence electrons. The third-order valence-electron chi connectivity index (χ3n) is 4.08. The largest absolute Gasteiger partial charge is 0.323 e. The monoisotopic (exact) mass is 364 g/mol. The summed E-state index contributed by atoms with van der Waals surface area (Å²) in [5.74, 6) is -2.70. The van der Waals surface area contributed by atoms with Crippen LogP contribution in [0.3, 0.4) is 0 Å². The maximum atomic E-state index is 14.1. The zero-order chi connectivity index (χ0) is 18.1. The number of halogens is 3. The minimum Gasteiger partial charge on any atom is -0.323 e. The molecule has 0 aromatic heterocycles. The van der Waals surface area contributed by atoms with Crippen molar-refractivity contribution in [2.24, 2.45) is 5.92 Å². The van der Waals surface area contributed by atoms with E-state index in [-0.39, 0.29) is 35.3 Å². The topological polar surface area (TPSA) is 49.4 Å². The summed E-state index contributed by atoms with van der Waals surface area (Å²) in [4.78, 5) is 25.8. The standard InChI is InChI=1S/C18H15ClF2N2O2/c1-10-2-5-16(14(21)6-10)23-9-11(7-17(23)24)18(25)22-15-8-12(19)3-4-13(15)20/h2-6,8,11H,7,9H2,1H3,(H,22,25). The van der Waals surface area contributed by atoms with Crippen LogP contribution in [-0.2, 0) is 9.59 Å². The van der Waals surface area contributed by atoms with E-state index in [4.69, 9.17) is 11.6 Å². The Bertz CT molecular complexity index is 857. The summed E-state index contributed by atoms with van der Waals surface area (Å²) in [6, 6.07) is 8.35. The van der Waals surface area contributed by atoms with Gasteiger partial charge >= 0.3 is 0 Å². The summed E-state index contributed by atoms with van der Waals surface area (Å²) < 4.78 is 27.8. The number of hydrogen-bond donors (Lipinski definition) is 1. The number of benzene rings is 2. The zero-order valence-electron chi connectivity index (χ0n) is 13.4. The Morgan fingerprint density at radius 2 is 1.96 bits per heavy atom. The van der Waals surface area contributed by atoms with Gasteiger partial charge < -0.3 is 10.2 Å². The van der Waals surface area contributed by atoms with Crippen molar-refractivity contribution in [3.63, 3.8) is 0 Å². The lowest BCUT2D eigenvalue weighted by molar-refractivity contribution is -0.122. The molecule has 2 amide bonds. The molecule has 1 saturated heterocycles. The van der Waals surface area contributed by atoms with Gasteiger partial charge in [-0.3, -0.25) is 9.59 Å². The van der Waals surface area contributed by atoms with Crippen LogP contribution in [0.2, 0.25) is 5.02 Å². The van der Waals surface area contributed by atoms with E-state index in [1.807, 2.05) is 0 Å². The second-order valence-electron chi connectivity index (χ2n) is 5.97. The molecule has 25 heavy (non-hydrogen) atoms. The number of rotatable bonds is 3. The number of nitrogens with one attached hydrogen (secondary N) is 1. The fourth-order valence-electron chi connectivity index (χ4n) is 2.77. The van der Waals surface area contributed by atoms with E-state index < -0.39 is 23.5 Å². The smallest absolute Gasteiger partial charge is 0.229 e. The Kier molecular flexibility index (Phi) is 4.72. The van der Waals surface area contributed by atoms with Crippen LogP contribution >= 0.6 is 11.6 Å². The minimum atomic E-state index is -0.702. The Morgan fingerprint density at radius 3 is 2.68 bits per heavy atom. The SMILES string of the molecule is Cc1ccc(N2CC(C(=O)Nc3cc(Cl)ccc3F)CC2=O)c(F)c1. The van der Waals surface area contributed by atoms with Gasteiger partial charge in [0.25, 0.3) is 0 Å². The highest BCUT2D eigenvalue weighted by atomic mass is 35.5. The highest BCUT2D eigenvalue weighted by Crippen LogP contribution is 2.29. The molecule has 4 nitrogen and oxygen atoms in total. The molecule has 1 unspecified atom stereocenters. The molecular weight excluding hydrogens is 350 g/mol. The fourth-order valence-corrected chi connectivity index (χ4v) is 2.95. The zero-order valence-corrected chi connectivity index (χ0v) is 14.1. The molecule has 0 aliphatic carbocycles. The van der Waals surface area contributed by atoms with Crippen molar-refractivity contribution in [2.45, 2.75) is 13.3 Å². The van der Waals surface area contributed by atoms with Crippen molar-refractivity contribution in [3.8, 4) is 0 Å². The van der Waals surface area contributed by atoms with E-state index in [1.165, 1.54) is 29.2 Å². The molecule has 2 aromatic rings. The molecular formula is C18H15ClF2N2O2. The van der Waals surface area contributed by atoms with Crippen LogP contribution in [0.5, 0.6) is 0 Å². The summed E-state index contributed by atoms with van der Waals surface area (Å²) in [6.45, 7) is 1.78. The van der Waals surface area contributed by atoms with Crippen molar-refractivity contribution in [2.75, 3.05) is 16.8 Å². The van der Waals surface area contributed by atoms with Crippen molar-refractivity contribution < 1.29 is 18.4 Å². The molecule has 1 aliphatic heterocycles. The quantitative estimate of drug-likeness (QED) is 0.897. The van der Waals surface area contributed by atoms with Crippen LogP contribution in [0.25, 0.3) is 0 Å². The predicted octanol–water partition coefficient (Wildman–Crippen LogP) is 3.92.